The third-order valence-electron chi connectivity index (χ3n) is 3.88. The highest BCUT2D eigenvalue weighted by Crippen LogP contribution is 2.25. The molecule has 2 rings (SSSR count). The van der Waals surface area contributed by atoms with Crippen molar-refractivity contribution in [1.82, 2.24) is 5.32 Å². The van der Waals surface area contributed by atoms with Crippen LogP contribution in [0.5, 0.6) is 0 Å². The van der Waals surface area contributed by atoms with E-state index in [-0.39, 0.29) is 6.61 Å². The van der Waals surface area contributed by atoms with Gasteiger partial charge in [-0.2, -0.15) is 0 Å². The Morgan fingerprint density at radius 1 is 1.23 bits per heavy atom. The van der Waals surface area contributed by atoms with Gasteiger partial charge in [-0.3, -0.25) is 4.79 Å². The van der Waals surface area contributed by atoms with E-state index in [1.165, 1.54) is 6.92 Å². The first-order valence-corrected chi connectivity index (χ1v) is 8.12. The molecule has 0 saturated carbocycles. The lowest BCUT2D eigenvalue weighted by Crippen LogP contribution is -2.65. The molecule has 0 spiro atoms. The van der Waals surface area contributed by atoms with Gasteiger partial charge < -0.3 is 34.8 Å². The van der Waals surface area contributed by atoms with Crippen LogP contribution in [0.3, 0.4) is 0 Å². The highest BCUT2D eigenvalue weighted by atomic mass is 16.7. The molecule has 1 saturated heterocycles. The monoisotopic (exact) mass is 369 g/mol. The number of ether oxygens (including phenoxy) is 3. The first-order valence-electron chi connectivity index (χ1n) is 8.12. The minimum absolute atomic E-state index is 0.154. The molecule has 144 valence electrons. The molecule has 5 atom stereocenters. The van der Waals surface area contributed by atoms with Crippen LogP contribution in [-0.2, 0) is 30.4 Å². The van der Waals surface area contributed by atoms with Crippen LogP contribution in [-0.4, -0.2) is 71.1 Å². The lowest BCUT2D eigenvalue weighted by molar-refractivity contribution is -0.279. The van der Waals surface area contributed by atoms with Crippen LogP contribution in [0.15, 0.2) is 30.3 Å². The zero-order chi connectivity index (χ0) is 19.1. The Bertz CT molecular complexity index is 596. The molecular weight excluding hydrogens is 346 g/mol. The molecule has 4 N–H and O–H groups in total. The highest BCUT2D eigenvalue weighted by Gasteiger charge is 2.47. The molecule has 26 heavy (non-hydrogen) atoms. The summed E-state index contributed by atoms with van der Waals surface area (Å²) in [5.41, 5.74) is 0.854. The second kappa shape index (κ2) is 9.60. The van der Waals surface area contributed by atoms with Crippen LogP contribution in [0, 0.1) is 0 Å². The van der Waals surface area contributed by atoms with E-state index in [9.17, 15) is 19.8 Å². The summed E-state index contributed by atoms with van der Waals surface area (Å²) in [5, 5.41) is 31.1. The van der Waals surface area contributed by atoms with E-state index in [4.69, 9.17) is 19.3 Å². The number of aliphatic carboxylic acids is 1. The van der Waals surface area contributed by atoms with Crippen molar-refractivity contribution >= 4 is 11.9 Å². The minimum atomic E-state index is -1.34. The van der Waals surface area contributed by atoms with E-state index >= 15 is 0 Å². The van der Waals surface area contributed by atoms with Crippen LogP contribution in [0.2, 0.25) is 0 Å². The largest absolute Gasteiger partial charge is 0.480 e. The van der Waals surface area contributed by atoms with Gasteiger partial charge in [0, 0.05) is 6.92 Å². The van der Waals surface area contributed by atoms with Crippen molar-refractivity contribution in [3.63, 3.8) is 0 Å². The van der Waals surface area contributed by atoms with E-state index in [0.717, 1.165) is 5.56 Å². The van der Waals surface area contributed by atoms with Gasteiger partial charge in [0.15, 0.2) is 6.29 Å². The van der Waals surface area contributed by atoms with E-state index in [0.29, 0.717) is 0 Å². The van der Waals surface area contributed by atoms with Crippen molar-refractivity contribution in [3.05, 3.63) is 35.9 Å². The SMILES string of the molecule is CC(=O)N[C@@H]1[C@H](OCc2ccccc2)O[C@H](CO)[C@@H](O)[C@@H]1OCC(=O)O. The summed E-state index contributed by atoms with van der Waals surface area (Å²) < 4.78 is 16.5. The summed E-state index contributed by atoms with van der Waals surface area (Å²) in [5.74, 6) is -1.65. The van der Waals surface area contributed by atoms with Gasteiger partial charge in [0.1, 0.15) is 31.0 Å². The maximum absolute atomic E-state index is 11.5. The molecule has 1 aliphatic heterocycles. The number of nitrogens with one attached hydrogen (secondary N) is 1. The third kappa shape index (κ3) is 5.48. The number of carboxylic acids is 1. The number of hydrogen-bond donors (Lipinski definition) is 4. The molecule has 1 aromatic rings. The highest BCUT2D eigenvalue weighted by molar-refractivity contribution is 5.73. The molecule has 1 aromatic carbocycles. The van der Waals surface area contributed by atoms with Crippen molar-refractivity contribution in [2.24, 2.45) is 0 Å². The van der Waals surface area contributed by atoms with Gasteiger partial charge in [0.05, 0.1) is 13.2 Å². The van der Waals surface area contributed by atoms with Crippen LogP contribution in [0.25, 0.3) is 0 Å². The molecule has 9 nitrogen and oxygen atoms in total. The Hall–Kier alpha value is -2.04. The predicted molar refractivity (Wildman–Crippen MR) is 88.0 cm³/mol. The third-order valence-corrected chi connectivity index (χ3v) is 3.88. The lowest BCUT2D eigenvalue weighted by Gasteiger charge is -2.43. The van der Waals surface area contributed by atoms with E-state index < -0.39 is 55.7 Å². The van der Waals surface area contributed by atoms with Gasteiger partial charge in [-0.25, -0.2) is 4.79 Å². The fraction of sp³-hybridized carbons (Fsp3) is 0.529. The molecule has 1 fully saturated rings. The maximum Gasteiger partial charge on any atom is 0.329 e. The van der Waals surface area contributed by atoms with Crippen LogP contribution < -0.4 is 5.32 Å². The summed E-state index contributed by atoms with van der Waals surface area (Å²) in [4.78, 5) is 22.4. The molecule has 1 heterocycles. The van der Waals surface area contributed by atoms with E-state index in [1.807, 2.05) is 30.3 Å². The first kappa shape index (κ1) is 20.3. The molecule has 0 aromatic heterocycles. The van der Waals surface area contributed by atoms with Gasteiger partial charge >= 0.3 is 5.97 Å². The Morgan fingerprint density at radius 2 is 1.92 bits per heavy atom. The zero-order valence-electron chi connectivity index (χ0n) is 14.3. The number of benzene rings is 1. The predicted octanol–water partition coefficient (Wildman–Crippen LogP) is -0.744. The molecule has 0 radical (unpaired) electrons. The molecular formula is C17H23NO8. The molecule has 0 aliphatic carbocycles. The number of aliphatic hydroxyl groups is 2. The Balaban J connectivity index is 2.17. The fourth-order valence-electron chi connectivity index (χ4n) is 2.72. The second-order valence-electron chi connectivity index (χ2n) is 5.91. The van der Waals surface area contributed by atoms with Crippen LogP contribution in [0.1, 0.15) is 12.5 Å². The summed E-state index contributed by atoms with van der Waals surface area (Å²) in [7, 11) is 0. The van der Waals surface area contributed by atoms with Gasteiger partial charge in [0.25, 0.3) is 0 Å². The normalized spacial score (nSPS) is 28.5. The van der Waals surface area contributed by atoms with Gasteiger partial charge in [-0.05, 0) is 5.56 Å². The molecule has 1 aliphatic rings. The summed E-state index contributed by atoms with van der Waals surface area (Å²) in [6, 6.07) is 8.26. The minimum Gasteiger partial charge on any atom is -0.480 e. The molecule has 1 amide bonds. The van der Waals surface area contributed by atoms with Gasteiger partial charge in [0.2, 0.25) is 5.91 Å². The first-order chi connectivity index (χ1) is 12.4. The van der Waals surface area contributed by atoms with Crippen molar-refractivity contribution in [3.8, 4) is 0 Å². The number of amides is 1. The van der Waals surface area contributed by atoms with Gasteiger partial charge in [-0.15, -0.1) is 0 Å². The molecule has 0 unspecified atom stereocenters. The van der Waals surface area contributed by atoms with E-state index in [2.05, 4.69) is 5.32 Å². The lowest BCUT2D eigenvalue weighted by atomic mass is 9.96. The zero-order valence-corrected chi connectivity index (χ0v) is 14.3. The van der Waals surface area contributed by atoms with E-state index in [1.54, 1.807) is 0 Å². The summed E-state index contributed by atoms with van der Waals surface area (Å²) in [6.07, 6.45) is -4.55. The van der Waals surface area contributed by atoms with Crippen molar-refractivity contribution < 1.29 is 39.1 Å². The van der Waals surface area contributed by atoms with Crippen LogP contribution >= 0.6 is 0 Å². The number of carbonyl (C=O) groups excluding carboxylic acids is 1. The smallest absolute Gasteiger partial charge is 0.329 e. The van der Waals surface area contributed by atoms with Crippen molar-refractivity contribution in [2.45, 2.75) is 44.2 Å². The topological polar surface area (TPSA) is 135 Å². The average Bonchev–Trinajstić information content (AvgIpc) is 2.61. The second-order valence-corrected chi connectivity index (χ2v) is 5.91. The molecule has 9 heteroatoms. The number of hydrogen-bond acceptors (Lipinski definition) is 7. The number of carbonyl (C=O) groups is 2. The van der Waals surface area contributed by atoms with Crippen LogP contribution in [0.4, 0.5) is 0 Å². The Kier molecular flexibility index (Phi) is 7.49. The average molecular weight is 369 g/mol. The summed E-state index contributed by atoms with van der Waals surface area (Å²) >= 11 is 0. The number of rotatable bonds is 8. The fourth-order valence-corrected chi connectivity index (χ4v) is 2.72. The molecule has 0 bridgehead atoms. The number of aliphatic hydroxyl groups excluding tert-OH is 2. The standard InChI is InChI=1S/C17H23NO8/c1-10(20)18-14-16(24-9-13(21)22)15(23)12(7-19)26-17(14)25-8-11-5-3-2-4-6-11/h2-6,12,14-17,19,23H,7-9H2,1H3,(H,18,20)(H,21,22)/t12-,14+,15-,16-,17-/m1/s1. The Morgan fingerprint density at radius 3 is 2.50 bits per heavy atom. The van der Waals surface area contributed by atoms with Crippen molar-refractivity contribution in [2.75, 3.05) is 13.2 Å². The Labute approximate surface area is 150 Å². The quantitative estimate of drug-likeness (QED) is 0.470. The van der Waals surface area contributed by atoms with Crippen molar-refractivity contribution in [1.29, 1.82) is 0 Å². The number of carboxylic acid groups (broad SMARTS) is 1. The summed E-state index contributed by atoms with van der Waals surface area (Å²) in [6.45, 7) is 0.224. The maximum atomic E-state index is 11.5. The van der Waals surface area contributed by atoms with Gasteiger partial charge in [-0.1, -0.05) is 30.3 Å².